The summed E-state index contributed by atoms with van der Waals surface area (Å²) in [5, 5.41) is 3.66. The van der Waals surface area contributed by atoms with Crippen molar-refractivity contribution >= 4 is 53.4 Å². The number of nitrogens with zero attached hydrogens (tertiary/aromatic N) is 3. The monoisotopic (exact) mass is 731 g/mol. The molecule has 56 heavy (non-hydrogen) atoms. The van der Waals surface area contributed by atoms with E-state index in [1.54, 1.807) is 11.3 Å². The smallest absolute Gasteiger partial charge is 0.160 e. The Kier molecular flexibility index (Phi) is 7.68. The zero-order valence-corrected chi connectivity index (χ0v) is 31.1. The second kappa shape index (κ2) is 13.3. The molecule has 8 aromatic carbocycles. The van der Waals surface area contributed by atoms with Crippen LogP contribution in [0.3, 0.4) is 0 Å². The van der Waals surface area contributed by atoms with Gasteiger partial charge in [-0.15, -0.1) is 11.3 Å². The van der Waals surface area contributed by atoms with Gasteiger partial charge in [-0.3, -0.25) is 0 Å². The average molecular weight is 732 g/mol. The summed E-state index contributed by atoms with van der Waals surface area (Å²) in [6.45, 7) is 0. The van der Waals surface area contributed by atoms with Gasteiger partial charge in [-0.2, -0.15) is 0 Å². The molecule has 0 aliphatic heterocycles. The number of hydrogen-bond donors (Lipinski definition) is 0. The summed E-state index contributed by atoms with van der Waals surface area (Å²) in [6, 6.07) is 71.4. The second-order valence-electron chi connectivity index (χ2n) is 14.2. The first-order valence-electron chi connectivity index (χ1n) is 18.9. The molecule has 0 aliphatic carbocycles. The number of fused-ring (bicyclic) bond motifs is 6. The maximum Gasteiger partial charge on any atom is 0.160 e. The SMILES string of the molecule is c1ccc(-c2cccc(-c3nc(-c4ccccc4)nc4c3sc3cccc(-c5cccc(-c6ccc7c8ccccc8n(-c8ccccc8)c7c6)c5)c34)c2)cc1. The van der Waals surface area contributed by atoms with Crippen molar-refractivity contribution in [3.63, 3.8) is 0 Å². The number of aromatic nitrogens is 3. The van der Waals surface area contributed by atoms with Gasteiger partial charge in [-0.1, -0.05) is 158 Å². The van der Waals surface area contributed by atoms with E-state index in [-0.39, 0.29) is 0 Å². The number of hydrogen-bond acceptors (Lipinski definition) is 3. The summed E-state index contributed by atoms with van der Waals surface area (Å²) < 4.78 is 4.66. The summed E-state index contributed by atoms with van der Waals surface area (Å²) in [4.78, 5) is 10.7. The molecule has 0 spiro atoms. The fourth-order valence-corrected chi connectivity index (χ4v) is 9.37. The summed E-state index contributed by atoms with van der Waals surface area (Å²) in [6.07, 6.45) is 0. The third-order valence-electron chi connectivity index (χ3n) is 10.8. The van der Waals surface area contributed by atoms with Crippen molar-refractivity contribution in [3.8, 4) is 61.7 Å². The Bertz CT molecular complexity index is 3240. The molecule has 0 fully saturated rings. The highest BCUT2D eigenvalue weighted by molar-refractivity contribution is 7.26. The molecule has 262 valence electrons. The van der Waals surface area contributed by atoms with E-state index in [1.165, 1.54) is 43.2 Å². The lowest BCUT2D eigenvalue weighted by Gasteiger charge is -2.11. The van der Waals surface area contributed by atoms with Crippen LogP contribution in [0.4, 0.5) is 0 Å². The molecule has 0 saturated heterocycles. The van der Waals surface area contributed by atoms with Gasteiger partial charge in [0.25, 0.3) is 0 Å². The Hall–Kier alpha value is -7.14. The largest absolute Gasteiger partial charge is 0.309 e. The van der Waals surface area contributed by atoms with E-state index in [9.17, 15) is 0 Å². The van der Waals surface area contributed by atoms with E-state index >= 15 is 0 Å². The normalized spacial score (nSPS) is 11.6. The van der Waals surface area contributed by atoms with Crippen LogP contribution in [0.1, 0.15) is 0 Å². The molecule has 0 bridgehead atoms. The van der Waals surface area contributed by atoms with Gasteiger partial charge in [0, 0.05) is 37.7 Å². The summed E-state index contributed by atoms with van der Waals surface area (Å²) in [7, 11) is 0. The highest BCUT2D eigenvalue weighted by Crippen LogP contribution is 2.44. The molecule has 0 saturated carbocycles. The van der Waals surface area contributed by atoms with Gasteiger partial charge in [0.1, 0.15) is 0 Å². The molecule has 0 radical (unpaired) electrons. The molecule has 0 N–H and O–H groups in total. The molecule has 3 nitrogen and oxygen atoms in total. The highest BCUT2D eigenvalue weighted by atomic mass is 32.1. The zero-order chi connectivity index (χ0) is 37.0. The standard InChI is InChI=1S/C52H33N3S/c1-4-15-34(16-5-1)36-19-13-22-40(32-36)49-51-50(54-52(53-49)35-17-6-2-7-18-35)48-42(26-14-28-47(48)56-51)39-21-12-20-37(31-39)38-29-30-44-43-25-10-11-27-45(43)55(46(44)33-38)41-23-8-3-9-24-41/h1-33H. The molecule has 0 atom stereocenters. The molecule has 3 aromatic heterocycles. The van der Waals surface area contributed by atoms with E-state index in [4.69, 9.17) is 9.97 Å². The Labute approximate surface area is 328 Å². The van der Waals surface area contributed by atoms with Crippen molar-refractivity contribution in [3.05, 3.63) is 200 Å². The van der Waals surface area contributed by atoms with Crippen LogP contribution < -0.4 is 0 Å². The molecule has 3 heterocycles. The molecular weight excluding hydrogens is 699 g/mol. The predicted octanol–water partition coefficient (Wildman–Crippen LogP) is 14.3. The van der Waals surface area contributed by atoms with Crippen LogP contribution in [0.2, 0.25) is 0 Å². The number of para-hydroxylation sites is 2. The van der Waals surface area contributed by atoms with Crippen molar-refractivity contribution in [1.29, 1.82) is 0 Å². The Morgan fingerprint density at radius 3 is 1.79 bits per heavy atom. The fraction of sp³-hybridized carbons (Fsp3) is 0. The predicted molar refractivity (Wildman–Crippen MR) is 236 cm³/mol. The quantitative estimate of drug-likeness (QED) is 0.170. The zero-order valence-electron chi connectivity index (χ0n) is 30.3. The van der Waals surface area contributed by atoms with E-state index in [0.29, 0.717) is 0 Å². The highest BCUT2D eigenvalue weighted by Gasteiger charge is 2.20. The lowest BCUT2D eigenvalue weighted by Crippen LogP contribution is -1.94. The van der Waals surface area contributed by atoms with Gasteiger partial charge in [0.15, 0.2) is 5.82 Å². The lowest BCUT2D eigenvalue weighted by atomic mass is 9.96. The number of thiophene rings is 1. The Balaban J connectivity index is 1.10. The van der Waals surface area contributed by atoms with Crippen molar-refractivity contribution in [1.82, 2.24) is 14.5 Å². The minimum atomic E-state index is 0.726. The molecule has 0 unspecified atom stereocenters. The van der Waals surface area contributed by atoms with E-state index < -0.39 is 0 Å². The molecular formula is C52H33N3S. The third kappa shape index (κ3) is 5.42. The van der Waals surface area contributed by atoms with Crippen molar-refractivity contribution < 1.29 is 0 Å². The van der Waals surface area contributed by atoms with E-state index in [0.717, 1.165) is 60.6 Å². The molecule has 0 aliphatic rings. The van der Waals surface area contributed by atoms with Gasteiger partial charge in [0.2, 0.25) is 0 Å². The first-order valence-corrected chi connectivity index (χ1v) is 19.7. The van der Waals surface area contributed by atoms with Gasteiger partial charge >= 0.3 is 0 Å². The van der Waals surface area contributed by atoms with Crippen molar-refractivity contribution in [2.24, 2.45) is 0 Å². The topological polar surface area (TPSA) is 30.7 Å². The lowest BCUT2D eigenvalue weighted by molar-refractivity contribution is 1.18. The minimum Gasteiger partial charge on any atom is -0.309 e. The fourth-order valence-electron chi connectivity index (χ4n) is 8.19. The van der Waals surface area contributed by atoms with Crippen LogP contribution in [-0.4, -0.2) is 14.5 Å². The van der Waals surface area contributed by atoms with Gasteiger partial charge in [-0.25, -0.2) is 9.97 Å². The van der Waals surface area contributed by atoms with Crippen LogP contribution in [0.15, 0.2) is 200 Å². The van der Waals surface area contributed by atoms with Crippen LogP contribution >= 0.6 is 11.3 Å². The number of rotatable bonds is 6. The van der Waals surface area contributed by atoms with Crippen LogP contribution in [-0.2, 0) is 0 Å². The summed E-state index contributed by atoms with van der Waals surface area (Å²) in [5.41, 5.74) is 14.6. The Morgan fingerprint density at radius 2 is 0.982 bits per heavy atom. The first-order chi connectivity index (χ1) is 27.8. The summed E-state index contributed by atoms with van der Waals surface area (Å²) >= 11 is 1.77. The average Bonchev–Trinajstić information content (AvgIpc) is 3.83. The van der Waals surface area contributed by atoms with Crippen molar-refractivity contribution in [2.75, 3.05) is 0 Å². The van der Waals surface area contributed by atoms with Crippen molar-refractivity contribution in [2.45, 2.75) is 0 Å². The Morgan fingerprint density at radius 1 is 0.393 bits per heavy atom. The molecule has 11 rings (SSSR count). The van der Waals surface area contributed by atoms with Crippen LogP contribution in [0.5, 0.6) is 0 Å². The maximum absolute atomic E-state index is 5.36. The van der Waals surface area contributed by atoms with Gasteiger partial charge < -0.3 is 4.57 Å². The third-order valence-corrected chi connectivity index (χ3v) is 12.0. The summed E-state index contributed by atoms with van der Waals surface area (Å²) in [5.74, 6) is 0.726. The second-order valence-corrected chi connectivity index (χ2v) is 15.2. The molecule has 4 heteroatoms. The number of benzene rings is 8. The minimum absolute atomic E-state index is 0.726. The first kappa shape index (κ1) is 32.3. The van der Waals surface area contributed by atoms with E-state index in [2.05, 4.69) is 199 Å². The maximum atomic E-state index is 5.36. The van der Waals surface area contributed by atoms with Gasteiger partial charge in [-0.05, 0) is 75.8 Å². The van der Waals surface area contributed by atoms with Gasteiger partial charge in [0.05, 0.1) is 26.9 Å². The van der Waals surface area contributed by atoms with E-state index in [1.807, 2.05) is 6.07 Å². The molecule has 0 amide bonds. The van der Waals surface area contributed by atoms with Crippen LogP contribution in [0, 0.1) is 0 Å². The molecule has 11 aromatic rings. The van der Waals surface area contributed by atoms with Crippen LogP contribution in [0.25, 0.3) is 104 Å².